The Hall–Kier alpha value is -0.940. The second-order valence-electron chi connectivity index (χ2n) is 5.53. The highest BCUT2D eigenvalue weighted by molar-refractivity contribution is 5.09. The number of aliphatic hydroxyl groups is 1. The summed E-state index contributed by atoms with van der Waals surface area (Å²) in [6, 6.07) is 0. The van der Waals surface area contributed by atoms with Crippen molar-refractivity contribution in [3.8, 4) is 0 Å². The van der Waals surface area contributed by atoms with E-state index in [1.165, 1.54) is 6.42 Å². The van der Waals surface area contributed by atoms with Gasteiger partial charge in [0.1, 0.15) is 0 Å². The lowest BCUT2D eigenvalue weighted by Crippen LogP contribution is -2.26. The van der Waals surface area contributed by atoms with E-state index in [9.17, 15) is 5.11 Å². The fourth-order valence-electron chi connectivity index (χ4n) is 3.26. The molecule has 3 fully saturated rings. The first-order valence-corrected chi connectivity index (χ1v) is 6.46. The molecule has 92 valence electrons. The number of rotatable bonds is 2. The third-order valence-corrected chi connectivity index (χ3v) is 4.36. The molecular formula is C12H16N2O3. The standard InChI is InChI=1S/C12H16N2O3/c15-7-3-6(4-7)12-13-11(14-17-12)9-5-8-1-2-10(9)16-8/h6-10,15H,1-5H2. The molecule has 3 heterocycles. The van der Waals surface area contributed by atoms with E-state index in [0.29, 0.717) is 24.0 Å². The van der Waals surface area contributed by atoms with Crippen LogP contribution in [0.15, 0.2) is 4.52 Å². The monoisotopic (exact) mass is 236 g/mol. The van der Waals surface area contributed by atoms with Gasteiger partial charge in [-0.15, -0.1) is 0 Å². The van der Waals surface area contributed by atoms with Gasteiger partial charge in [0.05, 0.1) is 24.2 Å². The van der Waals surface area contributed by atoms with Gasteiger partial charge in [-0.3, -0.25) is 0 Å². The molecule has 2 bridgehead atoms. The van der Waals surface area contributed by atoms with E-state index >= 15 is 0 Å². The number of hydrogen-bond acceptors (Lipinski definition) is 5. The van der Waals surface area contributed by atoms with E-state index in [1.54, 1.807) is 0 Å². The van der Waals surface area contributed by atoms with Crippen LogP contribution >= 0.6 is 0 Å². The molecule has 2 saturated heterocycles. The van der Waals surface area contributed by atoms with E-state index in [4.69, 9.17) is 9.26 Å². The molecule has 4 rings (SSSR count). The number of hydrogen-bond donors (Lipinski definition) is 1. The van der Waals surface area contributed by atoms with Crippen molar-refractivity contribution in [1.82, 2.24) is 10.1 Å². The van der Waals surface area contributed by atoms with Gasteiger partial charge in [0.15, 0.2) is 5.82 Å². The summed E-state index contributed by atoms with van der Waals surface area (Å²) >= 11 is 0. The predicted octanol–water partition coefficient (Wildman–Crippen LogP) is 1.34. The molecule has 0 spiro atoms. The van der Waals surface area contributed by atoms with Crippen molar-refractivity contribution in [2.24, 2.45) is 0 Å². The maximum absolute atomic E-state index is 9.27. The minimum atomic E-state index is -0.179. The average Bonchev–Trinajstić information content (AvgIpc) is 2.99. The van der Waals surface area contributed by atoms with E-state index in [0.717, 1.165) is 31.5 Å². The summed E-state index contributed by atoms with van der Waals surface area (Å²) in [6.45, 7) is 0. The summed E-state index contributed by atoms with van der Waals surface area (Å²) in [7, 11) is 0. The molecule has 0 radical (unpaired) electrons. The van der Waals surface area contributed by atoms with Crippen LogP contribution in [-0.4, -0.2) is 33.6 Å². The van der Waals surface area contributed by atoms with Crippen molar-refractivity contribution in [1.29, 1.82) is 0 Å². The van der Waals surface area contributed by atoms with Gasteiger partial charge >= 0.3 is 0 Å². The van der Waals surface area contributed by atoms with Crippen LogP contribution in [0.3, 0.4) is 0 Å². The van der Waals surface area contributed by atoms with Gasteiger partial charge in [-0.05, 0) is 32.1 Å². The largest absolute Gasteiger partial charge is 0.393 e. The zero-order valence-electron chi connectivity index (χ0n) is 9.58. The Balaban J connectivity index is 1.51. The number of fused-ring (bicyclic) bond motifs is 2. The van der Waals surface area contributed by atoms with Crippen LogP contribution in [-0.2, 0) is 4.74 Å². The van der Waals surface area contributed by atoms with Crippen molar-refractivity contribution in [3.05, 3.63) is 11.7 Å². The van der Waals surface area contributed by atoms with E-state index in [-0.39, 0.29) is 12.0 Å². The maximum Gasteiger partial charge on any atom is 0.229 e. The predicted molar refractivity (Wildman–Crippen MR) is 57.5 cm³/mol. The highest BCUT2D eigenvalue weighted by Crippen LogP contribution is 2.44. The average molecular weight is 236 g/mol. The van der Waals surface area contributed by atoms with E-state index in [2.05, 4.69) is 10.1 Å². The van der Waals surface area contributed by atoms with Crippen molar-refractivity contribution in [3.63, 3.8) is 0 Å². The van der Waals surface area contributed by atoms with Gasteiger partial charge in [0.2, 0.25) is 5.89 Å². The summed E-state index contributed by atoms with van der Waals surface area (Å²) in [5.41, 5.74) is 0. The summed E-state index contributed by atoms with van der Waals surface area (Å²) in [4.78, 5) is 4.50. The number of aliphatic hydroxyl groups excluding tert-OH is 1. The number of nitrogens with zero attached hydrogens (tertiary/aromatic N) is 2. The molecule has 1 N–H and O–H groups in total. The summed E-state index contributed by atoms with van der Waals surface area (Å²) in [5.74, 6) is 2.11. The normalized spacial score (nSPS) is 43.9. The van der Waals surface area contributed by atoms with Gasteiger partial charge in [-0.2, -0.15) is 4.98 Å². The van der Waals surface area contributed by atoms with Gasteiger partial charge in [-0.1, -0.05) is 5.16 Å². The second kappa shape index (κ2) is 3.53. The lowest BCUT2D eigenvalue weighted by molar-refractivity contribution is 0.0625. The maximum atomic E-state index is 9.27. The minimum absolute atomic E-state index is 0.179. The Morgan fingerprint density at radius 2 is 2.06 bits per heavy atom. The number of aromatic nitrogens is 2. The third kappa shape index (κ3) is 1.52. The van der Waals surface area contributed by atoms with Gasteiger partial charge in [-0.25, -0.2) is 0 Å². The topological polar surface area (TPSA) is 68.4 Å². The van der Waals surface area contributed by atoms with Crippen molar-refractivity contribution >= 4 is 0 Å². The smallest absolute Gasteiger partial charge is 0.229 e. The molecule has 0 amide bonds. The highest BCUT2D eigenvalue weighted by atomic mass is 16.5. The van der Waals surface area contributed by atoms with Gasteiger partial charge in [0, 0.05) is 5.92 Å². The molecule has 1 saturated carbocycles. The van der Waals surface area contributed by atoms with Crippen LogP contribution in [0, 0.1) is 0 Å². The summed E-state index contributed by atoms with van der Waals surface area (Å²) in [5, 5.41) is 13.4. The van der Waals surface area contributed by atoms with Crippen molar-refractivity contribution in [2.45, 2.75) is 62.3 Å². The van der Waals surface area contributed by atoms with Gasteiger partial charge in [0.25, 0.3) is 0 Å². The molecule has 3 aliphatic rings. The van der Waals surface area contributed by atoms with Crippen LogP contribution in [0.5, 0.6) is 0 Å². The van der Waals surface area contributed by atoms with Crippen LogP contribution in [0.2, 0.25) is 0 Å². The molecular weight excluding hydrogens is 220 g/mol. The quantitative estimate of drug-likeness (QED) is 0.839. The fraction of sp³-hybridized carbons (Fsp3) is 0.833. The molecule has 5 nitrogen and oxygen atoms in total. The molecule has 3 atom stereocenters. The van der Waals surface area contributed by atoms with Crippen LogP contribution in [0.25, 0.3) is 0 Å². The molecule has 1 aliphatic carbocycles. The Labute approximate surface area is 99.2 Å². The van der Waals surface area contributed by atoms with Crippen LogP contribution in [0.1, 0.15) is 55.7 Å². The lowest BCUT2D eigenvalue weighted by atomic mass is 9.82. The first kappa shape index (κ1) is 10.0. The zero-order chi connectivity index (χ0) is 11.4. The zero-order valence-corrected chi connectivity index (χ0v) is 9.58. The first-order chi connectivity index (χ1) is 8.29. The molecule has 17 heavy (non-hydrogen) atoms. The molecule has 2 aliphatic heterocycles. The fourth-order valence-corrected chi connectivity index (χ4v) is 3.26. The summed E-state index contributed by atoms with van der Waals surface area (Å²) < 4.78 is 11.1. The van der Waals surface area contributed by atoms with Gasteiger partial charge < -0.3 is 14.4 Å². The first-order valence-electron chi connectivity index (χ1n) is 6.46. The van der Waals surface area contributed by atoms with E-state index in [1.807, 2.05) is 0 Å². The van der Waals surface area contributed by atoms with Crippen molar-refractivity contribution in [2.75, 3.05) is 0 Å². The number of ether oxygens (including phenoxy) is 1. The molecule has 1 aromatic heterocycles. The van der Waals surface area contributed by atoms with Crippen molar-refractivity contribution < 1.29 is 14.4 Å². The molecule has 0 aromatic carbocycles. The Kier molecular flexibility index (Phi) is 2.08. The van der Waals surface area contributed by atoms with E-state index < -0.39 is 0 Å². The minimum Gasteiger partial charge on any atom is -0.393 e. The Bertz CT molecular complexity index is 427. The Morgan fingerprint density at radius 1 is 1.18 bits per heavy atom. The molecule has 1 aromatic rings. The molecule has 5 heteroatoms. The highest BCUT2D eigenvalue weighted by Gasteiger charge is 2.44. The summed E-state index contributed by atoms with van der Waals surface area (Å²) in [6.07, 6.45) is 5.40. The Morgan fingerprint density at radius 3 is 2.71 bits per heavy atom. The second-order valence-corrected chi connectivity index (χ2v) is 5.53. The third-order valence-electron chi connectivity index (χ3n) is 4.36. The van der Waals surface area contributed by atoms with Crippen LogP contribution < -0.4 is 0 Å². The lowest BCUT2D eigenvalue weighted by Gasteiger charge is -2.27. The SMILES string of the molecule is OC1CC(c2nc(C3CC4CCC3O4)no2)C1. The van der Waals surface area contributed by atoms with Crippen LogP contribution in [0.4, 0.5) is 0 Å². The molecule has 3 unspecified atom stereocenters.